The van der Waals surface area contributed by atoms with Crippen molar-refractivity contribution >= 4 is 17.3 Å². The zero-order valence-electron chi connectivity index (χ0n) is 10.2. The van der Waals surface area contributed by atoms with Gasteiger partial charge in [0.05, 0.1) is 5.69 Å². The van der Waals surface area contributed by atoms with Crippen molar-refractivity contribution in [2.75, 3.05) is 5.32 Å². The van der Waals surface area contributed by atoms with Crippen LogP contribution in [0, 0.1) is 12.3 Å². The Hall–Kier alpha value is -0.760. The van der Waals surface area contributed by atoms with Crippen LogP contribution in [0.3, 0.4) is 0 Å². The minimum absolute atomic E-state index is 0.354. The van der Waals surface area contributed by atoms with Gasteiger partial charge in [0, 0.05) is 12.2 Å². The van der Waals surface area contributed by atoms with E-state index in [9.17, 15) is 0 Å². The van der Waals surface area contributed by atoms with Gasteiger partial charge in [0.2, 0.25) is 0 Å². The van der Waals surface area contributed by atoms with Crippen molar-refractivity contribution in [3.8, 4) is 0 Å². The molecule has 16 heavy (non-hydrogen) atoms. The number of pyridine rings is 1. The van der Waals surface area contributed by atoms with Gasteiger partial charge in [-0.3, -0.25) is 0 Å². The van der Waals surface area contributed by atoms with Crippen molar-refractivity contribution in [2.45, 2.75) is 46.1 Å². The fourth-order valence-corrected chi connectivity index (χ4v) is 2.59. The van der Waals surface area contributed by atoms with Crippen LogP contribution in [0.2, 0.25) is 5.15 Å². The van der Waals surface area contributed by atoms with E-state index in [1.54, 1.807) is 6.20 Å². The minimum Gasteiger partial charge on any atom is -0.379 e. The molecule has 1 saturated carbocycles. The summed E-state index contributed by atoms with van der Waals surface area (Å²) in [6, 6.07) is 2.58. The van der Waals surface area contributed by atoms with E-state index >= 15 is 0 Å². The molecule has 0 spiro atoms. The van der Waals surface area contributed by atoms with Gasteiger partial charge in [-0.15, -0.1) is 0 Å². The van der Waals surface area contributed by atoms with Gasteiger partial charge in [0.25, 0.3) is 0 Å². The third-order valence-electron chi connectivity index (χ3n) is 3.56. The summed E-state index contributed by atoms with van der Waals surface area (Å²) in [5, 5.41) is 4.12. The van der Waals surface area contributed by atoms with Crippen LogP contribution in [0.1, 0.15) is 38.7 Å². The van der Waals surface area contributed by atoms with E-state index < -0.39 is 0 Å². The van der Waals surface area contributed by atoms with Gasteiger partial charge in [0.1, 0.15) is 0 Å². The molecule has 2 nitrogen and oxygen atoms in total. The molecule has 0 radical (unpaired) electrons. The standard InChI is InChI=1S/C13H19ClN2/c1-9-7-10(12(14)15-8-9)16-11-5-4-6-13(11,2)3/h7-8,11,16H,4-6H2,1-3H3. The number of aryl methyl sites for hydroxylation is 1. The number of hydrogen-bond acceptors (Lipinski definition) is 2. The SMILES string of the molecule is Cc1cnc(Cl)c(NC2CCCC2(C)C)c1. The maximum Gasteiger partial charge on any atom is 0.152 e. The van der Waals surface area contributed by atoms with E-state index in [4.69, 9.17) is 11.6 Å². The van der Waals surface area contributed by atoms with Crippen LogP contribution in [0.4, 0.5) is 5.69 Å². The first-order chi connectivity index (χ1) is 7.49. The normalized spacial score (nSPS) is 23.4. The van der Waals surface area contributed by atoms with Crippen molar-refractivity contribution in [1.29, 1.82) is 0 Å². The van der Waals surface area contributed by atoms with Crippen molar-refractivity contribution in [3.63, 3.8) is 0 Å². The summed E-state index contributed by atoms with van der Waals surface area (Å²) in [6.45, 7) is 6.66. The van der Waals surface area contributed by atoms with E-state index in [1.807, 2.05) is 6.92 Å². The second-order valence-electron chi connectivity index (χ2n) is 5.43. The first-order valence-electron chi connectivity index (χ1n) is 5.88. The lowest BCUT2D eigenvalue weighted by Crippen LogP contribution is -2.31. The number of nitrogens with one attached hydrogen (secondary N) is 1. The quantitative estimate of drug-likeness (QED) is 0.787. The number of rotatable bonds is 2. The Labute approximate surface area is 102 Å². The summed E-state index contributed by atoms with van der Waals surface area (Å²) in [7, 11) is 0. The number of aromatic nitrogens is 1. The molecule has 0 amide bonds. The molecule has 1 atom stereocenters. The van der Waals surface area contributed by atoms with Crippen LogP contribution < -0.4 is 5.32 Å². The molecule has 0 bridgehead atoms. The Bertz CT molecular complexity index is 388. The van der Waals surface area contributed by atoms with Crippen LogP contribution in [-0.4, -0.2) is 11.0 Å². The molecule has 1 aromatic heterocycles. The Balaban J connectivity index is 2.17. The molecule has 0 aliphatic heterocycles. The summed E-state index contributed by atoms with van der Waals surface area (Å²) in [6.07, 6.45) is 5.59. The smallest absolute Gasteiger partial charge is 0.152 e. The molecule has 1 N–H and O–H groups in total. The molecule has 0 aromatic carbocycles. The van der Waals surface area contributed by atoms with Crippen molar-refractivity contribution in [1.82, 2.24) is 4.98 Å². The number of hydrogen-bond donors (Lipinski definition) is 1. The van der Waals surface area contributed by atoms with Crippen LogP contribution in [0.25, 0.3) is 0 Å². The largest absolute Gasteiger partial charge is 0.379 e. The molecule has 88 valence electrons. The third kappa shape index (κ3) is 2.32. The maximum absolute atomic E-state index is 6.09. The molecular weight excluding hydrogens is 220 g/mol. The van der Waals surface area contributed by atoms with Crippen LogP contribution in [0.5, 0.6) is 0 Å². The highest BCUT2D eigenvalue weighted by molar-refractivity contribution is 6.32. The highest BCUT2D eigenvalue weighted by Crippen LogP contribution is 2.39. The summed E-state index contributed by atoms with van der Waals surface area (Å²) in [5.74, 6) is 0. The van der Waals surface area contributed by atoms with Gasteiger partial charge >= 0.3 is 0 Å². The fourth-order valence-electron chi connectivity index (χ4n) is 2.44. The van der Waals surface area contributed by atoms with Gasteiger partial charge in [-0.2, -0.15) is 0 Å². The van der Waals surface area contributed by atoms with E-state index in [1.165, 1.54) is 19.3 Å². The molecule has 1 aliphatic carbocycles. The summed E-state index contributed by atoms with van der Waals surface area (Å²) in [5.41, 5.74) is 2.47. The predicted octanol–water partition coefficient (Wildman–Crippen LogP) is 4.03. The lowest BCUT2D eigenvalue weighted by atomic mass is 9.87. The Morgan fingerprint density at radius 2 is 2.25 bits per heavy atom. The van der Waals surface area contributed by atoms with E-state index in [-0.39, 0.29) is 0 Å². The van der Waals surface area contributed by atoms with E-state index in [0.29, 0.717) is 16.6 Å². The zero-order chi connectivity index (χ0) is 11.8. The zero-order valence-corrected chi connectivity index (χ0v) is 10.9. The second-order valence-corrected chi connectivity index (χ2v) is 5.79. The molecule has 1 aliphatic rings. The molecule has 2 rings (SSSR count). The van der Waals surface area contributed by atoms with Crippen molar-refractivity contribution in [3.05, 3.63) is 23.0 Å². The van der Waals surface area contributed by atoms with Crippen LogP contribution in [-0.2, 0) is 0 Å². The summed E-state index contributed by atoms with van der Waals surface area (Å²) >= 11 is 6.09. The lowest BCUT2D eigenvalue weighted by molar-refractivity contribution is 0.350. The molecule has 0 saturated heterocycles. The molecule has 3 heteroatoms. The first-order valence-corrected chi connectivity index (χ1v) is 6.25. The Morgan fingerprint density at radius 1 is 1.50 bits per heavy atom. The lowest BCUT2D eigenvalue weighted by Gasteiger charge is -2.29. The van der Waals surface area contributed by atoms with E-state index in [2.05, 4.69) is 30.2 Å². The average Bonchev–Trinajstić information content (AvgIpc) is 2.52. The van der Waals surface area contributed by atoms with E-state index in [0.717, 1.165) is 11.3 Å². The number of nitrogens with zero attached hydrogens (tertiary/aromatic N) is 1. The molecule has 1 heterocycles. The highest BCUT2D eigenvalue weighted by atomic mass is 35.5. The summed E-state index contributed by atoms with van der Waals surface area (Å²) < 4.78 is 0. The second kappa shape index (κ2) is 4.25. The van der Waals surface area contributed by atoms with Gasteiger partial charge in [-0.05, 0) is 36.8 Å². The first kappa shape index (κ1) is 11.7. The average molecular weight is 239 g/mol. The number of halogens is 1. The highest BCUT2D eigenvalue weighted by Gasteiger charge is 2.34. The molecular formula is C13H19ClN2. The molecule has 1 fully saturated rings. The van der Waals surface area contributed by atoms with Gasteiger partial charge < -0.3 is 5.32 Å². The van der Waals surface area contributed by atoms with Gasteiger partial charge in [0.15, 0.2) is 5.15 Å². The molecule has 1 unspecified atom stereocenters. The van der Waals surface area contributed by atoms with Crippen LogP contribution in [0.15, 0.2) is 12.3 Å². The third-order valence-corrected chi connectivity index (χ3v) is 3.86. The topological polar surface area (TPSA) is 24.9 Å². The van der Waals surface area contributed by atoms with Gasteiger partial charge in [-0.25, -0.2) is 4.98 Å². The van der Waals surface area contributed by atoms with Crippen molar-refractivity contribution in [2.24, 2.45) is 5.41 Å². The Kier molecular flexibility index (Phi) is 3.11. The van der Waals surface area contributed by atoms with Crippen LogP contribution >= 0.6 is 11.6 Å². The predicted molar refractivity (Wildman–Crippen MR) is 69.0 cm³/mol. The number of anilines is 1. The Morgan fingerprint density at radius 3 is 2.88 bits per heavy atom. The summed E-state index contributed by atoms with van der Waals surface area (Å²) in [4.78, 5) is 4.17. The van der Waals surface area contributed by atoms with Gasteiger partial charge in [-0.1, -0.05) is 31.9 Å². The monoisotopic (exact) mass is 238 g/mol. The van der Waals surface area contributed by atoms with Crippen molar-refractivity contribution < 1.29 is 0 Å². The maximum atomic E-state index is 6.09. The molecule has 1 aromatic rings. The minimum atomic E-state index is 0.354. The fraction of sp³-hybridized carbons (Fsp3) is 0.615.